The summed E-state index contributed by atoms with van der Waals surface area (Å²) in [6.45, 7) is 9.32. The molecule has 0 saturated carbocycles. The summed E-state index contributed by atoms with van der Waals surface area (Å²) in [6, 6.07) is -2.05. The number of aliphatic carboxylic acids is 1. The van der Waals surface area contributed by atoms with E-state index in [2.05, 4.69) is 91.6 Å². The molecule has 3 aromatic carbocycles. The fraction of sp³-hybridized carbons (Fsp3) is 0.540. The van der Waals surface area contributed by atoms with Gasteiger partial charge in [-0.15, -0.1) is 6.58 Å². The molecule has 47 nitrogen and oxygen atoms in total. The van der Waals surface area contributed by atoms with Gasteiger partial charge in [0.25, 0.3) is 0 Å². The number of primary amides is 1. The van der Waals surface area contributed by atoms with Gasteiger partial charge in [0.1, 0.15) is 90.3 Å². The molecule has 0 unspecified atom stereocenters. The molecule has 3 saturated heterocycles. The number of rotatable bonds is 40. The van der Waals surface area contributed by atoms with Gasteiger partial charge < -0.3 is 144 Å². The van der Waals surface area contributed by atoms with Gasteiger partial charge in [-0.2, -0.15) is 0 Å². The molecule has 0 spiro atoms. The van der Waals surface area contributed by atoms with Crippen LogP contribution < -0.4 is 114 Å². The second-order valence-electron chi connectivity index (χ2n) is 33.3. The van der Waals surface area contributed by atoms with E-state index in [1.165, 1.54) is 44.2 Å². The highest BCUT2D eigenvalue weighted by atomic mass is 33.1. The SMILES string of the molecule is C=CCO[C@H]1CCN2C(=O)[C@@H](NC(=O)[C@H](CCCNC(=N)N)NC(=O)[C@H](CCCNC(=N)N)NC(C)=O)CSSC[C@@H](C(=O)N[C@@H](CCCNC(=N)N)C(=O)N[C@@H](CCCNC(=N)N)C(N)=O)NC(=O)[C@H](C(C)C)NC(=O)[C@@H]3CCCN3C(=O)[C@H](CC(=O)O)NC(=O)[C@H](Cc3ccc(O)cc3)NC(=O)[C@H](CO)NC(=O)[C@H]([C@@H](C)CC)NC(=O)[C@H](Cc3ccc(-c4ccccc4)cc3)NC(=O)[C@H]12. The van der Waals surface area contributed by atoms with Crippen LogP contribution in [0.25, 0.3) is 11.1 Å². The van der Waals surface area contributed by atoms with Crippen molar-refractivity contribution in [2.45, 2.75) is 222 Å². The van der Waals surface area contributed by atoms with Crippen molar-refractivity contribution in [2.24, 2.45) is 40.5 Å². The summed E-state index contributed by atoms with van der Waals surface area (Å²) in [5.74, 6) is -21.7. The summed E-state index contributed by atoms with van der Waals surface area (Å²) < 4.78 is 6.26. The van der Waals surface area contributed by atoms with Gasteiger partial charge in [-0.05, 0) is 117 Å². The predicted octanol–water partition coefficient (Wildman–Crippen LogP) is -5.05. The lowest BCUT2D eigenvalue weighted by molar-refractivity contribution is -0.146. The quantitative estimate of drug-likeness (QED) is 0.00833. The van der Waals surface area contributed by atoms with E-state index >= 15 is 38.4 Å². The maximum absolute atomic E-state index is 16.2. The van der Waals surface area contributed by atoms with Crippen LogP contribution in [0.2, 0.25) is 0 Å². The first kappa shape index (κ1) is 111. The summed E-state index contributed by atoms with van der Waals surface area (Å²) in [4.78, 5) is 238. The number of carboxylic acid groups (broad SMARTS) is 1. The van der Waals surface area contributed by atoms with E-state index in [1.54, 1.807) is 38.1 Å². The van der Waals surface area contributed by atoms with E-state index in [0.29, 0.717) is 5.56 Å². The summed E-state index contributed by atoms with van der Waals surface area (Å²) in [5.41, 5.74) is 30.3. The number of phenolic OH excluding ortho intramolecular Hbond substituents is 1. The monoisotopic (exact) mass is 1940 g/mol. The van der Waals surface area contributed by atoms with Gasteiger partial charge in [-0.3, -0.25) is 98.3 Å². The molecule has 3 aromatic rings. The van der Waals surface area contributed by atoms with Gasteiger partial charge in [0.2, 0.25) is 88.6 Å². The molecule has 3 fully saturated rings. The number of fused-ring (bicyclic) bond motifs is 2. The third-order valence-corrected chi connectivity index (χ3v) is 24.9. The van der Waals surface area contributed by atoms with Gasteiger partial charge >= 0.3 is 5.97 Å². The maximum atomic E-state index is 16.2. The Kier molecular flexibility index (Phi) is 46.2. The van der Waals surface area contributed by atoms with Crippen LogP contribution in [-0.4, -0.2) is 298 Å². The zero-order chi connectivity index (χ0) is 100. The van der Waals surface area contributed by atoms with Crippen LogP contribution in [0.1, 0.15) is 129 Å². The number of nitrogens with two attached hydrogens (primary N) is 5. The Labute approximate surface area is 795 Å². The molecule has 3 aliphatic rings. The molecule has 16 atom stereocenters. The van der Waals surface area contributed by atoms with Crippen molar-refractivity contribution in [3.8, 4) is 16.9 Å². The highest BCUT2D eigenvalue weighted by Gasteiger charge is 2.48. The van der Waals surface area contributed by atoms with Gasteiger partial charge in [0.15, 0.2) is 23.8 Å². The van der Waals surface area contributed by atoms with Crippen LogP contribution in [0.3, 0.4) is 0 Å². The number of carbonyl (C=O) groups is 16. The van der Waals surface area contributed by atoms with Crippen LogP contribution in [0, 0.1) is 33.5 Å². The van der Waals surface area contributed by atoms with Crippen LogP contribution in [0.4, 0.5) is 0 Å². The van der Waals surface area contributed by atoms with Crippen LogP contribution in [-0.2, 0) is 94.3 Å². The van der Waals surface area contributed by atoms with Gasteiger partial charge in [0, 0.05) is 70.5 Å². The van der Waals surface area contributed by atoms with Gasteiger partial charge in [-0.25, -0.2) is 0 Å². The van der Waals surface area contributed by atoms with E-state index < -0.39 is 240 Å². The molecule has 746 valence electrons. The Morgan fingerprint density at radius 1 is 0.537 bits per heavy atom. The molecule has 0 aromatic heterocycles. The minimum Gasteiger partial charge on any atom is -0.508 e. The number of phenols is 1. The lowest BCUT2D eigenvalue weighted by Crippen LogP contribution is -2.63. The number of hydrogen-bond acceptors (Lipinski definition) is 25. The number of carboxylic acids is 1. The second kappa shape index (κ2) is 56.6. The summed E-state index contributed by atoms with van der Waals surface area (Å²) in [5, 5.41) is 104. The molecular formula is C87H131N27O20S2. The van der Waals surface area contributed by atoms with Crippen molar-refractivity contribution in [1.29, 1.82) is 21.6 Å². The zero-order valence-corrected chi connectivity index (χ0v) is 78.3. The van der Waals surface area contributed by atoms with E-state index in [-0.39, 0.29) is 153 Å². The topological polar surface area (TPSA) is 768 Å². The fourth-order valence-corrected chi connectivity index (χ4v) is 17.5. The van der Waals surface area contributed by atoms with Crippen molar-refractivity contribution in [2.75, 3.05) is 64.0 Å². The van der Waals surface area contributed by atoms with Gasteiger partial charge in [-0.1, -0.05) is 129 Å². The van der Waals surface area contributed by atoms with Gasteiger partial charge in [0.05, 0.1) is 25.7 Å². The minimum absolute atomic E-state index is 0.000946. The van der Waals surface area contributed by atoms with E-state index in [9.17, 15) is 53.7 Å². The number of aromatic hydroxyl groups is 1. The summed E-state index contributed by atoms with van der Waals surface area (Å²) in [6.07, 6.45) is -2.15. The highest BCUT2D eigenvalue weighted by molar-refractivity contribution is 8.76. The summed E-state index contributed by atoms with van der Waals surface area (Å²) >= 11 is 0. The number of hydrogen-bond donors (Lipinski definition) is 28. The third-order valence-electron chi connectivity index (χ3n) is 22.5. The lowest BCUT2D eigenvalue weighted by atomic mass is 9.96. The normalized spacial score (nSPS) is 21.9. The Bertz CT molecular complexity index is 4680. The average Bonchev–Trinajstić information content (AvgIpc) is 1.64. The number of aliphatic hydroxyl groups excluding tert-OH is 1. The Balaban J connectivity index is 1.59. The molecular weight excluding hydrogens is 1810 g/mol. The van der Waals surface area contributed by atoms with Crippen LogP contribution >= 0.6 is 21.6 Å². The number of nitrogens with zero attached hydrogens (tertiary/aromatic N) is 2. The average molecular weight is 1940 g/mol. The van der Waals surface area contributed by atoms with E-state index in [0.717, 1.165) is 49.4 Å². The van der Waals surface area contributed by atoms with E-state index in [4.69, 9.17) is 55.0 Å². The number of benzene rings is 3. The molecule has 0 radical (unpaired) electrons. The van der Waals surface area contributed by atoms with Crippen LogP contribution in [0.5, 0.6) is 5.75 Å². The molecule has 0 aliphatic carbocycles. The Hall–Kier alpha value is -13.6. The number of ether oxygens (including phenoxy) is 1. The smallest absolute Gasteiger partial charge is 0.305 e. The molecule has 3 aliphatic heterocycles. The van der Waals surface area contributed by atoms with Crippen molar-refractivity contribution >= 4 is 140 Å². The largest absolute Gasteiger partial charge is 0.508 e. The first-order chi connectivity index (χ1) is 64.6. The molecule has 6 rings (SSSR count). The van der Waals surface area contributed by atoms with E-state index in [1.807, 2.05) is 30.3 Å². The van der Waals surface area contributed by atoms with Crippen molar-refractivity contribution < 1.29 is 96.8 Å². The van der Waals surface area contributed by atoms with Crippen molar-refractivity contribution in [3.63, 3.8) is 0 Å². The number of carbonyl (C=O) groups excluding carboxylic acids is 15. The number of guanidine groups is 4. The molecule has 15 amide bonds. The molecule has 3 heterocycles. The first-order valence-electron chi connectivity index (χ1n) is 44.7. The molecule has 49 heteroatoms. The Morgan fingerprint density at radius 2 is 1.01 bits per heavy atom. The maximum Gasteiger partial charge on any atom is 0.305 e. The molecule has 0 bridgehead atoms. The predicted molar refractivity (Wildman–Crippen MR) is 505 cm³/mol. The van der Waals surface area contributed by atoms with Crippen molar-refractivity contribution in [3.05, 3.63) is 103 Å². The number of nitrogens with one attached hydrogen (secondary N) is 20. The fourth-order valence-electron chi connectivity index (χ4n) is 15.1. The van der Waals surface area contributed by atoms with Crippen molar-refractivity contribution in [1.82, 2.24) is 94.9 Å². The Morgan fingerprint density at radius 3 is 1.52 bits per heavy atom. The third kappa shape index (κ3) is 36.7. The second-order valence-corrected chi connectivity index (χ2v) is 35.9. The first-order valence-corrected chi connectivity index (χ1v) is 47.2. The highest BCUT2D eigenvalue weighted by Crippen LogP contribution is 2.30. The number of amides is 15. The summed E-state index contributed by atoms with van der Waals surface area (Å²) in [7, 11) is 1.58. The van der Waals surface area contributed by atoms with Crippen LogP contribution in [0.15, 0.2) is 91.5 Å². The zero-order valence-electron chi connectivity index (χ0n) is 76.7. The standard InChI is InChI=1S/C87H131N27O20S2/c1-7-39-134-65-32-38-114-69(65)81(131)106-59(40-49-24-28-52(29-25-49)51-17-10-9-11-18-51)75(125)112-68(47(5)8-2)80(130)108-61(43-115)76(126)105-58(41-50-26-30-53(117)31-27-50)74(124)107-60(42-66(118)119)82(132)113-37-16-23-64(113)78(128)111-67(46(3)4)79(129)109-62(77(127)104-56(21-14-35-99-86(93)94)72(122)102-54(70(88)120)19-12-33-97-84(89)90)44-135-136-45-63(83(114)133)110-73(123)57(22-15-36-100-87(95)96)103-71(121)55(101-48(6)116)20-13-34-98-85(91)92/h7,9-11,17-18,24-31,46-47,54-65,67-69,115,117H,1,8,12-16,19-23,32-45H2,2-6H3,(H2,88,120)(H,101,116)(H,102,122)(H,103,121)(H,104,127)(H,105,126)(H,106,131)(H,107,124)(H,108,130)(H,109,129)(H,110,123)(H,111,128)(H,112,125)(H,118,119)(H4,89,90,97)(H4,91,92,98)(H4,93,94,99)(H4,95,96,100)/t47-,54-,55-,56-,57-,58-,59-,60-,61-,62-,63-,64-,65-,67-,68-,69-/m0/s1. The minimum atomic E-state index is -2.01. The molecule has 136 heavy (non-hydrogen) atoms. The lowest BCUT2D eigenvalue weighted by Gasteiger charge is -2.33. The molecule has 33 N–H and O–H groups in total. The number of aliphatic hydroxyl groups is 1.